The lowest BCUT2D eigenvalue weighted by molar-refractivity contribution is 0.0652. The molecule has 6 heteroatoms. The maximum absolute atomic E-state index is 10.8. The third kappa shape index (κ3) is 1.65. The molecule has 19 heavy (non-hydrogen) atoms. The summed E-state index contributed by atoms with van der Waals surface area (Å²) in [5, 5.41) is 23.0. The van der Waals surface area contributed by atoms with Crippen molar-refractivity contribution in [1.82, 2.24) is 9.72 Å². The van der Waals surface area contributed by atoms with Gasteiger partial charge in [0.1, 0.15) is 11.4 Å². The SMILES string of the molecule is Cn1c(-c2cc(C(=O)O)on2)cc2c(O)cccc21. The lowest BCUT2D eigenvalue weighted by Gasteiger charge is -2.00. The molecule has 0 radical (unpaired) electrons. The molecule has 0 unspecified atom stereocenters. The summed E-state index contributed by atoms with van der Waals surface area (Å²) in [5.41, 5.74) is 1.91. The molecular formula is C13H10N2O4. The van der Waals surface area contributed by atoms with Crippen LogP contribution >= 0.6 is 0 Å². The smallest absolute Gasteiger partial charge is 0.374 e. The number of nitrogens with zero attached hydrogens (tertiary/aromatic N) is 2. The number of hydrogen-bond acceptors (Lipinski definition) is 4. The fourth-order valence-corrected chi connectivity index (χ4v) is 2.09. The molecule has 6 nitrogen and oxygen atoms in total. The van der Waals surface area contributed by atoms with Gasteiger partial charge in [-0.05, 0) is 18.2 Å². The Labute approximate surface area is 107 Å². The van der Waals surface area contributed by atoms with Crippen molar-refractivity contribution in [3.63, 3.8) is 0 Å². The van der Waals surface area contributed by atoms with Crippen LogP contribution in [0.1, 0.15) is 10.6 Å². The van der Waals surface area contributed by atoms with Gasteiger partial charge in [-0.15, -0.1) is 0 Å². The molecule has 0 saturated heterocycles. The van der Waals surface area contributed by atoms with Gasteiger partial charge in [0, 0.05) is 18.5 Å². The topological polar surface area (TPSA) is 88.5 Å². The number of aromatic nitrogens is 2. The van der Waals surface area contributed by atoms with Crippen LogP contribution in [0.5, 0.6) is 5.75 Å². The van der Waals surface area contributed by atoms with Gasteiger partial charge in [-0.3, -0.25) is 0 Å². The predicted molar refractivity (Wildman–Crippen MR) is 67.0 cm³/mol. The summed E-state index contributed by atoms with van der Waals surface area (Å²) in [5.74, 6) is -1.22. The van der Waals surface area contributed by atoms with Gasteiger partial charge in [-0.25, -0.2) is 4.79 Å². The van der Waals surface area contributed by atoms with Crippen molar-refractivity contribution in [2.45, 2.75) is 0 Å². The first-order valence-corrected chi connectivity index (χ1v) is 5.55. The monoisotopic (exact) mass is 258 g/mol. The highest BCUT2D eigenvalue weighted by molar-refractivity contribution is 5.92. The Bertz CT molecular complexity index is 785. The van der Waals surface area contributed by atoms with E-state index in [1.54, 1.807) is 18.2 Å². The van der Waals surface area contributed by atoms with Crippen molar-refractivity contribution >= 4 is 16.9 Å². The molecule has 96 valence electrons. The van der Waals surface area contributed by atoms with E-state index >= 15 is 0 Å². The second-order valence-corrected chi connectivity index (χ2v) is 4.18. The Morgan fingerprint density at radius 1 is 1.37 bits per heavy atom. The van der Waals surface area contributed by atoms with Gasteiger partial charge < -0.3 is 19.3 Å². The standard InChI is InChI=1S/C13H10N2O4/c1-15-9-3-2-4-11(16)7(9)5-10(15)8-6-12(13(17)18)19-14-8/h2-6,16H,1H3,(H,17,18). The van der Waals surface area contributed by atoms with Gasteiger partial charge in [-0.1, -0.05) is 11.2 Å². The maximum atomic E-state index is 10.8. The zero-order valence-corrected chi connectivity index (χ0v) is 9.99. The fraction of sp³-hybridized carbons (Fsp3) is 0.0769. The lowest BCUT2D eigenvalue weighted by Crippen LogP contribution is -1.92. The van der Waals surface area contributed by atoms with Gasteiger partial charge >= 0.3 is 5.97 Å². The number of phenols is 1. The van der Waals surface area contributed by atoms with Crippen LogP contribution in [0, 0.1) is 0 Å². The van der Waals surface area contributed by atoms with E-state index in [0.29, 0.717) is 16.8 Å². The summed E-state index contributed by atoms with van der Waals surface area (Å²) in [4.78, 5) is 10.8. The average molecular weight is 258 g/mol. The minimum absolute atomic E-state index is 0.168. The molecule has 3 rings (SSSR count). The number of fused-ring (bicyclic) bond motifs is 1. The molecular weight excluding hydrogens is 248 g/mol. The Kier molecular flexibility index (Phi) is 2.31. The molecule has 1 aromatic carbocycles. The van der Waals surface area contributed by atoms with Crippen molar-refractivity contribution in [2.75, 3.05) is 0 Å². The van der Waals surface area contributed by atoms with E-state index in [4.69, 9.17) is 9.63 Å². The molecule has 0 atom stereocenters. The molecule has 3 aromatic rings. The fourth-order valence-electron chi connectivity index (χ4n) is 2.09. The predicted octanol–water partition coefficient (Wildman–Crippen LogP) is 2.24. The van der Waals surface area contributed by atoms with Crippen molar-refractivity contribution < 1.29 is 19.5 Å². The largest absolute Gasteiger partial charge is 0.507 e. The highest BCUT2D eigenvalue weighted by atomic mass is 16.5. The summed E-state index contributed by atoms with van der Waals surface area (Å²) >= 11 is 0. The van der Waals surface area contributed by atoms with E-state index in [1.807, 2.05) is 17.7 Å². The normalized spacial score (nSPS) is 11.0. The quantitative estimate of drug-likeness (QED) is 0.735. The molecule has 0 amide bonds. The van der Waals surface area contributed by atoms with Crippen LogP contribution in [0.15, 0.2) is 34.9 Å². The number of phenolic OH excluding ortho intramolecular Hbond substituents is 1. The molecule has 2 heterocycles. The highest BCUT2D eigenvalue weighted by Crippen LogP contribution is 2.31. The first-order chi connectivity index (χ1) is 9.08. The number of aromatic hydroxyl groups is 1. The Morgan fingerprint density at radius 3 is 2.79 bits per heavy atom. The van der Waals surface area contributed by atoms with E-state index in [1.165, 1.54) is 6.07 Å². The number of aryl methyl sites for hydroxylation is 1. The van der Waals surface area contributed by atoms with E-state index in [2.05, 4.69) is 5.16 Å². The van der Waals surface area contributed by atoms with Gasteiger partial charge in [0.25, 0.3) is 0 Å². The third-order valence-electron chi connectivity index (χ3n) is 3.05. The number of carbonyl (C=O) groups is 1. The summed E-state index contributed by atoms with van der Waals surface area (Å²) in [6.07, 6.45) is 0. The molecule has 2 N–H and O–H groups in total. The number of hydrogen-bond donors (Lipinski definition) is 2. The zero-order chi connectivity index (χ0) is 13.6. The van der Waals surface area contributed by atoms with E-state index in [9.17, 15) is 9.90 Å². The zero-order valence-electron chi connectivity index (χ0n) is 9.99. The number of carboxylic acids is 1. The molecule has 0 aliphatic rings. The van der Waals surface area contributed by atoms with Crippen molar-refractivity contribution in [3.05, 3.63) is 36.1 Å². The van der Waals surface area contributed by atoms with Gasteiger partial charge in [0.05, 0.1) is 11.2 Å². The molecule has 0 aliphatic carbocycles. The minimum atomic E-state index is -1.17. The molecule has 0 fully saturated rings. The molecule has 2 aromatic heterocycles. The van der Waals surface area contributed by atoms with Crippen LogP contribution in [0.4, 0.5) is 0 Å². The van der Waals surface area contributed by atoms with Crippen LogP contribution in [0.3, 0.4) is 0 Å². The third-order valence-corrected chi connectivity index (χ3v) is 3.05. The Hall–Kier alpha value is -2.76. The van der Waals surface area contributed by atoms with Crippen LogP contribution < -0.4 is 0 Å². The van der Waals surface area contributed by atoms with Crippen molar-refractivity contribution in [1.29, 1.82) is 0 Å². The molecule has 0 bridgehead atoms. The van der Waals surface area contributed by atoms with E-state index < -0.39 is 5.97 Å². The second kappa shape index (κ2) is 3.88. The van der Waals surface area contributed by atoms with E-state index in [-0.39, 0.29) is 11.5 Å². The summed E-state index contributed by atoms with van der Waals surface area (Å²) in [6.45, 7) is 0. The number of carboxylic acid groups (broad SMARTS) is 1. The molecule has 0 saturated carbocycles. The van der Waals surface area contributed by atoms with Gasteiger partial charge in [-0.2, -0.15) is 0 Å². The van der Waals surface area contributed by atoms with Crippen LogP contribution in [0.2, 0.25) is 0 Å². The van der Waals surface area contributed by atoms with Crippen LogP contribution in [-0.2, 0) is 7.05 Å². The van der Waals surface area contributed by atoms with Gasteiger partial charge in [0.15, 0.2) is 0 Å². The summed E-state index contributed by atoms with van der Waals surface area (Å²) in [7, 11) is 1.81. The van der Waals surface area contributed by atoms with E-state index in [0.717, 1.165) is 5.52 Å². The summed E-state index contributed by atoms with van der Waals surface area (Å²) < 4.78 is 6.55. The Balaban J connectivity index is 2.22. The molecule has 0 aliphatic heterocycles. The highest BCUT2D eigenvalue weighted by Gasteiger charge is 2.16. The van der Waals surface area contributed by atoms with Gasteiger partial charge in [0.2, 0.25) is 5.76 Å². The first-order valence-electron chi connectivity index (χ1n) is 5.55. The number of rotatable bonds is 2. The number of aromatic carboxylic acids is 1. The maximum Gasteiger partial charge on any atom is 0.374 e. The second-order valence-electron chi connectivity index (χ2n) is 4.18. The van der Waals surface area contributed by atoms with Crippen molar-refractivity contribution in [2.24, 2.45) is 7.05 Å². The lowest BCUT2D eigenvalue weighted by atomic mass is 10.2. The van der Waals surface area contributed by atoms with Crippen LogP contribution in [-0.4, -0.2) is 25.9 Å². The van der Waals surface area contributed by atoms with Crippen molar-refractivity contribution in [3.8, 4) is 17.1 Å². The minimum Gasteiger partial charge on any atom is -0.507 e. The first kappa shape index (κ1) is 11.3. The molecule has 0 spiro atoms. The summed E-state index contributed by atoms with van der Waals surface area (Å²) in [6, 6.07) is 8.29. The van der Waals surface area contributed by atoms with Crippen LogP contribution in [0.25, 0.3) is 22.3 Å². The average Bonchev–Trinajstić information content (AvgIpc) is 2.96. The number of benzene rings is 1. The Morgan fingerprint density at radius 2 is 2.16 bits per heavy atom.